The van der Waals surface area contributed by atoms with Crippen LogP contribution in [0.15, 0.2) is 51.7 Å². The minimum atomic E-state index is 0.116. The number of ether oxygens (including phenoxy) is 1. The predicted molar refractivity (Wildman–Crippen MR) is 98.1 cm³/mol. The first-order chi connectivity index (χ1) is 12.2. The minimum absolute atomic E-state index is 0.116. The lowest BCUT2D eigenvalue weighted by molar-refractivity contribution is 0.415. The van der Waals surface area contributed by atoms with Gasteiger partial charge in [-0.3, -0.25) is 4.79 Å². The smallest absolute Gasteiger partial charge is 0.196 e. The van der Waals surface area contributed by atoms with Crippen molar-refractivity contribution in [1.29, 1.82) is 0 Å². The van der Waals surface area contributed by atoms with Crippen molar-refractivity contribution in [3.63, 3.8) is 0 Å². The second kappa shape index (κ2) is 6.49. The first-order valence-electron chi connectivity index (χ1n) is 8.49. The molecule has 0 bridgehead atoms. The summed E-state index contributed by atoms with van der Waals surface area (Å²) >= 11 is 0. The van der Waals surface area contributed by atoms with Crippen LogP contribution in [0, 0.1) is 11.8 Å². The van der Waals surface area contributed by atoms with Crippen molar-refractivity contribution in [2.45, 2.75) is 25.7 Å². The third-order valence-electron chi connectivity index (χ3n) is 4.59. The normalized spacial score (nSPS) is 13.0. The fourth-order valence-electron chi connectivity index (χ4n) is 3.22. The molecule has 25 heavy (non-hydrogen) atoms. The van der Waals surface area contributed by atoms with Gasteiger partial charge < -0.3 is 9.15 Å². The number of hydrogen-bond donors (Lipinski definition) is 0. The van der Waals surface area contributed by atoms with E-state index < -0.39 is 0 Å². The van der Waals surface area contributed by atoms with Gasteiger partial charge in [0.2, 0.25) is 0 Å². The Balaban J connectivity index is 1.72. The van der Waals surface area contributed by atoms with Gasteiger partial charge in [0, 0.05) is 23.1 Å². The Bertz CT molecular complexity index is 1050. The molecule has 0 saturated heterocycles. The van der Waals surface area contributed by atoms with Gasteiger partial charge >= 0.3 is 0 Å². The van der Waals surface area contributed by atoms with Crippen LogP contribution < -0.4 is 10.2 Å². The number of fused-ring (bicyclic) bond motifs is 2. The highest BCUT2D eigenvalue weighted by atomic mass is 16.5. The molecular weight excluding hydrogens is 312 g/mol. The maximum absolute atomic E-state index is 12.6. The molecule has 124 valence electrons. The van der Waals surface area contributed by atoms with Gasteiger partial charge in [-0.25, -0.2) is 0 Å². The van der Waals surface area contributed by atoms with Crippen LogP contribution in [0.3, 0.4) is 0 Å². The molecule has 0 radical (unpaired) electrons. The molecule has 1 aliphatic carbocycles. The predicted octanol–water partition coefficient (Wildman–Crippen LogP) is 4.08. The second-order valence-electron chi connectivity index (χ2n) is 6.23. The van der Waals surface area contributed by atoms with E-state index in [4.69, 9.17) is 9.15 Å². The zero-order valence-electron chi connectivity index (χ0n) is 14.1. The number of aryl methyl sites for hydroxylation is 1. The largest absolute Gasteiger partial charge is 0.497 e. The van der Waals surface area contributed by atoms with E-state index in [9.17, 15) is 4.79 Å². The monoisotopic (exact) mass is 330 g/mol. The Morgan fingerprint density at radius 1 is 0.960 bits per heavy atom. The van der Waals surface area contributed by atoms with Crippen LogP contribution >= 0.6 is 0 Å². The molecule has 0 aliphatic heterocycles. The Labute approximate surface area is 146 Å². The van der Waals surface area contributed by atoms with Crippen LogP contribution in [0.5, 0.6) is 5.75 Å². The van der Waals surface area contributed by atoms with Crippen molar-refractivity contribution in [3.8, 4) is 17.6 Å². The van der Waals surface area contributed by atoms with Crippen LogP contribution in [0.2, 0.25) is 0 Å². The fourth-order valence-corrected chi connectivity index (χ4v) is 3.22. The molecule has 1 aromatic heterocycles. The summed E-state index contributed by atoms with van der Waals surface area (Å²) in [5, 5.41) is 0.649. The van der Waals surface area contributed by atoms with Crippen molar-refractivity contribution in [2.75, 3.05) is 7.11 Å². The summed E-state index contributed by atoms with van der Waals surface area (Å²) in [4.78, 5) is 12.6. The van der Waals surface area contributed by atoms with Crippen molar-refractivity contribution in [3.05, 3.63) is 75.1 Å². The maximum Gasteiger partial charge on any atom is 0.196 e. The molecule has 0 unspecified atom stereocenters. The number of methoxy groups -OCH3 is 1. The SMILES string of the molecule is COc1ccc(C#Cc2ccc3c(=O)c4c(oc3c2)CCCC4)cc1. The standard InChI is InChI=1S/C22H18O3/c1-24-17-11-8-15(9-12-17)6-7-16-10-13-19-21(14-16)25-20-5-3-2-4-18(20)22(19)23/h8-14H,2-5H2,1H3. The van der Waals surface area contributed by atoms with Crippen LogP contribution in [0.1, 0.15) is 35.3 Å². The summed E-state index contributed by atoms with van der Waals surface area (Å²) < 4.78 is 11.2. The Morgan fingerprint density at radius 3 is 2.48 bits per heavy atom. The first-order valence-corrected chi connectivity index (χ1v) is 8.49. The van der Waals surface area contributed by atoms with E-state index in [1.54, 1.807) is 7.11 Å². The zero-order chi connectivity index (χ0) is 17.2. The molecule has 0 N–H and O–H groups in total. The van der Waals surface area contributed by atoms with Crippen LogP contribution in [-0.4, -0.2) is 7.11 Å². The third-order valence-corrected chi connectivity index (χ3v) is 4.59. The van der Waals surface area contributed by atoms with Crippen LogP contribution in [-0.2, 0) is 12.8 Å². The van der Waals surface area contributed by atoms with Gasteiger partial charge in [0.15, 0.2) is 5.43 Å². The second-order valence-corrected chi connectivity index (χ2v) is 6.23. The van der Waals surface area contributed by atoms with E-state index in [0.29, 0.717) is 11.0 Å². The lowest BCUT2D eigenvalue weighted by Gasteiger charge is -2.14. The topological polar surface area (TPSA) is 39.4 Å². The lowest BCUT2D eigenvalue weighted by Crippen LogP contribution is -2.16. The number of benzene rings is 2. The average Bonchev–Trinajstić information content (AvgIpc) is 2.67. The number of rotatable bonds is 1. The van der Waals surface area contributed by atoms with Crippen molar-refractivity contribution in [2.24, 2.45) is 0 Å². The summed E-state index contributed by atoms with van der Waals surface area (Å²) in [5.41, 5.74) is 3.35. The quantitative estimate of drug-likeness (QED) is 0.631. The molecule has 0 saturated carbocycles. The summed E-state index contributed by atoms with van der Waals surface area (Å²) in [5.74, 6) is 7.92. The molecule has 4 rings (SSSR count). The van der Waals surface area contributed by atoms with E-state index in [0.717, 1.165) is 53.9 Å². The van der Waals surface area contributed by atoms with Crippen LogP contribution in [0.4, 0.5) is 0 Å². The molecule has 0 spiro atoms. The van der Waals surface area contributed by atoms with E-state index in [1.807, 2.05) is 42.5 Å². The molecular formula is C22H18O3. The molecule has 3 aromatic rings. The molecule has 3 heteroatoms. The molecule has 0 amide bonds. The fraction of sp³-hybridized carbons (Fsp3) is 0.227. The van der Waals surface area contributed by atoms with Gasteiger partial charge in [-0.1, -0.05) is 11.8 Å². The number of hydrogen-bond acceptors (Lipinski definition) is 3. The Hall–Kier alpha value is -2.99. The molecule has 2 aromatic carbocycles. The maximum atomic E-state index is 12.6. The van der Waals surface area contributed by atoms with Gasteiger partial charge in [-0.15, -0.1) is 0 Å². The van der Waals surface area contributed by atoms with Gasteiger partial charge in [-0.05, 0) is 61.7 Å². The van der Waals surface area contributed by atoms with Crippen molar-refractivity contribution < 1.29 is 9.15 Å². The third kappa shape index (κ3) is 3.04. The highest BCUT2D eigenvalue weighted by molar-refractivity contribution is 5.79. The van der Waals surface area contributed by atoms with E-state index in [2.05, 4.69) is 11.8 Å². The molecule has 1 heterocycles. The first kappa shape index (κ1) is 15.5. The Morgan fingerprint density at radius 2 is 1.68 bits per heavy atom. The summed E-state index contributed by atoms with van der Waals surface area (Å²) in [7, 11) is 1.64. The summed E-state index contributed by atoms with van der Waals surface area (Å²) in [6.07, 6.45) is 3.82. The zero-order valence-corrected chi connectivity index (χ0v) is 14.1. The van der Waals surface area contributed by atoms with Gasteiger partial charge in [0.25, 0.3) is 0 Å². The van der Waals surface area contributed by atoms with E-state index in [-0.39, 0.29) is 5.43 Å². The van der Waals surface area contributed by atoms with E-state index in [1.165, 1.54) is 0 Å². The van der Waals surface area contributed by atoms with Crippen molar-refractivity contribution >= 4 is 11.0 Å². The van der Waals surface area contributed by atoms with Gasteiger partial charge in [0.1, 0.15) is 17.1 Å². The highest BCUT2D eigenvalue weighted by Crippen LogP contribution is 2.23. The summed E-state index contributed by atoms with van der Waals surface area (Å²) in [6.45, 7) is 0. The Kier molecular flexibility index (Phi) is 4.03. The van der Waals surface area contributed by atoms with Gasteiger partial charge in [0.05, 0.1) is 12.5 Å². The molecule has 1 aliphatic rings. The molecule has 3 nitrogen and oxygen atoms in total. The summed E-state index contributed by atoms with van der Waals surface area (Å²) in [6, 6.07) is 13.2. The molecule has 0 atom stereocenters. The lowest BCUT2D eigenvalue weighted by atomic mass is 9.95. The average molecular weight is 330 g/mol. The van der Waals surface area contributed by atoms with Crippen molar-refractivity contribution in [1.82, 2.24) is 0 Å². The highest BCUT2D eigenvalue weighted by Gasteiger charge is 2.17. The molecule has 0 fully saturated rings. The van der Waals surface area contributed by atoms with Crippen LogP contribution in [0.25, 0.3) is 11.0 Å². The van der Waals surface area contributed by atoms with Gasteiger partial charge in [-0.2, -0.15) is 0 Å². The minimum Gasteiger partial charge on any atom is -0.497 e. The van der Waals surface area contributed by atoms with E-state index >= 15 is 0 Å².